The Labute approximate surface area is 267 Å². The van der Waals surface area contributed by atoms with Gasteiger partial charge in [-0.2, -0.15) is 0 Å². The predicted molar refractivity (Wildman–Crippen MR) is 169 cm³/mol. The molecule has 0 unspecified atom stereocenters. The van der Waals surface area contributed by atoms with Crippen molar-refractivity contribution in [1.29, 1.82) is 0 Å². The Hall–Kier alpha value is -3.79. The Morgan fingerprint density at radius 3 is 1.09 bits per heavy atom. The summed E-state index contributed by atoms with van der Waals surface area (Å²) in [4.78, 5) is 9.20. The molecular weight excluding hydrogens is 631 g/mol. The van der Waals surface area contributed by atoms with E-state index in [1.54, 1.807) is 97.8 Å². The summed E-state index contributed by atoms with van der Waals surface area (Å²) in [6.07, 6.45) is 6.56. The molecule has 8 nitrogen and oxygen atoms in total. The van der Waals surface area contributed by atoms with Crippen LogP contribution in [-0.2, 0) is 38.1 Å². The van der Waals surface area contributed by atoms with E-state index in [1.807, 2.05) is 0 Å². The zero-order valence-electron chi connectivity index (χ0n) is 24.2. The largest absolute Gasteiger partial charge is 2.00 e. The van der Waals surface area contributed by atoms with Gasteiger partial charge >= 0.3 is 16.5 Å². The van der Waals surface area contributed by atoms with Crippen molar-refractivity contribution in [2.24, 2.45) is 9.98 Å². The molecule has 4 aromatic carbocycles. The van der Waals surface area contributed by atoms with Crippen LogP contribution in [0.1, 0.15) is 22.3 Å². The van der Waals surface area contributed by atoms with Crippen molar-refractivity contribution in [3.63, 3.8) is 0 Å². The Morgan fingerprint density at radius 1 is 0.558 bits per heavy atom. The molecule has 0 aliphatic rings. The number of hydrogen-bond donors (Lipinski definition) is 2. The van der Waals surface area contributed by atoms with Crippen LogP contribution in [0.15, 0.2) is 107 Å². The topological polar surface area (TPSA) is 145 Å². The third kappa shape index (κ3) is 12.5. The first-order valence-electron chi connectivity index (χ1n) is 12.7. The summed E-state index contributed by atoms with van der Waals surface area (Å²) in [7, 11) is -1.22. The van der Waals surface area contributed by atoms with Crippen molar-refractivity contribution in [3.8, 4) is 23.0 Å². The third-order valence-corrected chi connectivity index (χ3v) is 5.24. The number of rotatable bonds is 7. The summed E-state index contributed by atoms with van der Waals surface area (Å²) >= 11 is 0. The van der Waals surface area contributed by atoms with Crippen molar-refractivity contribution in [3.05, 3.63) is 119 Å². The zero-order valence-corrected chi connectivity index (χ0v) is 26.8. The van der Waals surface area contributed by atoms with E-state index in [0.29, 0.717) is 33.7 Å². The van der Waals surface area contributed by atoms with Crippen LogP contribution < -0.4 is 10.2 Å². The number of phenols is 2. The number of aliphatic imine (C=N–C) groups is 2. The molecule has 0 atom stereocenters. The van der Waals surface area contributed by atoms with Crippen molar-refractivity contribution in [2.45, 2.75) is 0 Å². The van der Waals surface area contributed by atoms with E-state index >= 15 is 0 Å². The van der Waals surface area contributed by atoms with E-state index in [2.05, 4.69) is 9.98 Å². The maximum absolute atomic E-state index is 12.5. The zero-order chi connectivity index (χ0) is 31.1. The van der Waals surface area contributed by atoms with Crippen LogP contribution >= 0.6 is 0 Å². The van der Waals surface area contributed by atoms with Crippen molar-refractivity contribution >= 4 is 33.0 Å². The molecule has 2 N–H and O–H groups in total. The fourth-order valence-corrected chi connectivity index (χ4v) is 3.63. The van der Waals surface area contributed by atoms with Crippen LogP contribution in [-0.4, -0.2) is 68.2 Å². The molecule has 4 aromatic rings. The molecule has 11 heteroatoms. The van der Waals surface area contributed by atoms with Gasteiger partial charge in [0, 0.05) is 57.7 Å². The predicted octanol–water partition coefficient (Wildman–Crippen LogP) is 3.61. The van der Waals surface area contributed by atoms with Gasteiger partial charge in [0.05, 0.1) is 24.5 Å². The summed E-state index contributed by atoms with van der Waals surface area (Å²) in [5.74, 6) is -0.377. The van der Waals surface area contributed by atoms with Crippen LogP contribution in [0.3, 0.4) is 0 Å². The molecule has 0 aliphatic carbocycles. The second kappa shape index (κ2) is 19.4. The maximum atomic E-state index is 12.5. The molecule has 43 heavy (non-hydrogen) atoms. The van der Waals surface area contributed by atoms with E-state index in [9.17, 15) is 28.8 Å². The van der Waals surface area contributed by atoms with Crippen LogP contribution in [0, 0.1) is 0 Å². The Bertz CT molecular complexity index is 1360. The number of phenolic OH excluding ortho intramolecular Hbond substituents is 2. The molecule has 0 saturated heterocycles. The standard InChI is InChI=1S/C28H24N2O4.2C2H6OS.Ni/c31-23-13-5-1-9-19(23)27(20-10-2-6-14-24(20)32)29-17-18-30-28(21-11-3-7-15-25(21)33)22-12-4-8-16-26(22)34;2*1-4(2)3;/h1-16,31-34H,17-18H2;2*1-2H3;/q;;;+2/p-2. The minimum absolute atomic E-state index is 0. The van der Waals surface area contributed by atoms with Gasteiger partial charge in [0.15, 0.2) is 0 Å². The van der Waals surface area contributed by atoms with E-state index in [0.717, 1.165) is 0 Å². The number of aromatic hydroxyl groups is 2. The fraction of sp³-hybridized carbons (Fsp3) is 0.188. The van der Waals surface area contributed by atoms with Crippen LogP contribution in [0.2, 0.25) is 0 Å². The van der Waals surface area contributed by atoms with Gasteiger partial charge in [-0.3, -0.25) is 18.4 Å². The van der Waals surface area contributed by atoms with Crippen LogP contribution in [0.4, 0.5) is 0 Å². The Kier molecular flexibility index (Phi) is 16.8. The van der Waals surface area contributed by atoms with Gasteiger partial charge in [0.2, 0.25) is 0 Å². The van der Waals surface area contributed by atoms with Crippen LogP contribution in [0.5, 0.6) is 23.0 Å². The first-order valence-corrected chi connectivity index (χ1v) is 16.6. The number of para-hydroxylation sites is 4. The number of nitrogens with zero attached hydrogens (tertiary/aromatic N) is 2. The molecule has 0 heterocycles. The Balaban J connectivity index is 0.000000917. The van der Waals surface area contributed by atoms with Gasteiger partial charge in [-0.1, -0.05) is 84.3 Å². The molecule has 0 fully saturated rings. The second-order valence-corrected chi connectivity index (χ2v) is 11.9. The molecule has 0 saturated carbocycles. The minimum Gasteiger partial charge on any atom is -0.872 e. The maximum Gasteiger partial charge on any atom is 2.00 e. The normalized spacial score (nSPS) is 11.1. The van der Waals surface area contributed by atoms with Gasteiger partial charge in [0.25, 0.3) is 0 Å². The van der Waals surface area contributed by atoms with Gasteiger partial charge in [-0.15, -0.1) is 0 Å². The summed E-state index contributed by atoms with van der Waals surface area (Å²) in [6.45, 7) is 0.381. The van der Waals surface area contributed by atoms with Gasteiger partial charge in [-0.25, -0.2) is 0 Å². The summed E-state index contributed by atoms with van der Waals surface area (Å²) in [5, 5.41) is 45.7. The smallest absolute Gasteiger partial charge is 0.872 e. The monoisotopic (exact) mass is 664 g/mol. The van der Waals surface area contributed by atoms with E-state index < -0.39 is 21.6 Å². The summed E-state index contributed by atoms with van der Waals surface area (Å²) in [5.41, 5.74) is 2.37. The fourth-order valence-electron chi connectivity index (χ4n) is 3.63. The molecular formula is C32H34N2NiO6S2. The minimum atomic E-state index is -0.611. The van der Waals surface area contributed by atoms with Crippen molar-refractivity contribution in [2.75, 3.05) is 38.1 Å². The molecule has 0 bridgehead atoms. The quantitative estimate of drug-likeness (QED) is 0.175. The van der Waals surface area contributed by atoms with Crippen LogP contribution in [0.25, 0.3) is 0 Å². The molecule has 0 radical (unpaired) electrons. The number of hydrogen-bond acceptors (Lipinski definition) is 8. The van der Waals surface area contributed by atoms with Crippen molar-refractivity contribution in [1.82, 2.24) is 0 Å². The average molecular weight is 665 g/mol. The average Bonchev–Trinajstić information content (AvgIpc) is 2.93. The van der Waals surface area contributed by atoms with Gasteiger partial charge < -0.3 is 20.4 Å². The van der Waals surface area contributed by atoms with Crippen molar-refractivity contribution < 1.29 is 45.3 Å². The molecule has 0 spiro atoms. The summed E-state index contributed by atoms with van der Waals surface area (Å²) < 4.78 is 19.1. The third-order valence-electron chi connectivity index (χ3n) is 5.24. The molecule has 230 valence electrons. The molecule has 0 aliphatic heterocycles. The molecule has 0 amide bonds. The number of benzene rings is 4. The second-order valence-electron chi connectivity index (χ2n) is 8.97. The first kappa shape index (κ1) is 37.2. The van der Waals surface area contributed by atoms with E-state index in [-0.39, 0.29) is 52.6 Å². The molecule has 4 rings (SSSR count). The molecule has 0 aromatic heterocycles. The van der Waals surface area contributed by atoms with E-state index in [4.69, 9.17) is 0 Å². The Morgan fingerprint density at radius 2 is 0.814 bits per heavy atom. The van der Waals surface area contributed by atoms with Gasteiger partial charge in [0.1, 0.15) is 11.5 Å². The SMILES string of the molecule is CS(C)=O.CS(C)=O.[Ni+2].[O-]c1ccccc1C(=NCCN=C(c1ccccc1[O-])c1ccccc1O)c1ccccc1O. The summed E-state index contributed by atoms with van der Waals surface area (Å²) in [6, 6.07) is 26.4. The van der Waals surface area contributed by atoms with Gasteiger partial charge in [-0.05, 0) is 35.4 Å². The van der Waals surface area contributed by atoms with E-state index in [1.165, 1.54) is 24.3 Å². The first-order chi connectivity index (χ1) is 20.0.